The molecule has 98 valence electrons. The number of halogens is 1. The zero-order chi connectivity index (χ0) is 13.1. The lowest BCUT2D eigenvalue weighted by Gasteiger charge is -2.13. The van der Waals surface area contributed by atoms with Gasteiger partial charge in [0, 0.05) is 6.42 Å². The number of carbonyl (C=O) groups excluding carboxylic acids is 1. The van der Waals surface area contributed by atoms with Gasteiger partial charge in [-0.05, 0) is 17.7 Å². The van der Waals surface area contributed by atoms with Gasteiger partial charge in [-0.2, -0.15) is 0 Å². The number of aliphatic hydroxyl groups excluding tert-OH is 1. The van der Waals surface area contributed by atoms with Crippen LogP contribution in [0.4, 0.5) is 4.39 Å². The van der Waals surface area contributed by atoms with Gasteiger partial charge in [0.2, 0.25) is 0 Å². The molecule has 1 heterocycles. The number of methoxy groups -OCH3 is 1. The van der Waals surface area contributed by atoms with E-state index >= 15 is 0 Å². The minimum atomic E-state index is -1.54. The van der Waals surface area contributed by atoms with Crippen molar-refractivity contribution in [1.82, 2.24) is 0 Å². The molecule has 1 aliphatic rings. The number of fused-ring (bicyclic) bond motifs is 1. The maximum Gasteiger partial charge on any atom is 0.339 e. The SMILES string of the molecule is COC(=O)C(O)c1cc(F)c2c(c1)OCCCO2. The fourth-order valence-corrected chi connectivity index (χ4v) is 1.66. The predicted octanol–water partition coefficient (Wildman–Crippen LogP) is 1.19. The third-order valence-electron chi connectivity index (χ3n) is 2.56. The van der Waals surface area contributed by atoms with Gasteiger partial charge in [-0.15, -0.1) is 0 Å². The lowest BCUT2D eigenvalue weighted by Crippen LogP contribution is -2.14. The molecule has 0 amide bonds. The third kappa shape index (κ3) is 2.38. The quantitative estimate of drug-likeness (QED) is 0.805. The van der Waals surface area contributed by atoms with Gasteiger partial charge in [0.25, 0.3) is 0 Å². The van der Waals surface area contributed by atoms with Crippen LogP contribution in [0.1, 0.15) is 18.1 Å². The van der Waals surface area contributed by atoms with Gasteiger partial charge in [0.05, 0.1) is 20.3 Å². The van der Waals surface area contributed by atoms with E-state index in [0.29, 0.717) is 19.6 Å². The summed E-state index contributed by atoms with van der Waals surface area (Å²) in [6, 6.07) is 2.42. The van der Waals surface area contributed by atoms with Crippen molar-refractivity contribution in [3.8, 4) is 11.5 Å². The average molecular weight is 256 g/mol. The molecule has 0 saturated heterocycles. The molecule has 0 radical (unpaired) electrons. The van der Waals surface area contributed by atoms with E-state index in [9.17, 15) is 14.3 Å². The van der Waals surface area contributed by atoms with Crippen molar-refractivity contribution in [3.63, 3.8) is 0 Å². The molecule has 1 unspecified atom stereocenters. The smallest absolute Gasteiger partial charge is 0.339 e. The first kappa shape index (κ1) is 12.6. The minimum Gasteiger partial charge on any atom is -0.489 e. The predicted molar refractivity (Wildman–Crippen MR) is 59.0 cm³/mol. The van der Waals surface area contributed by atoms with E-state index < -0.39 is 17.9 Å². The van der Waals surface area contributed by atoms with Crippen molar-refractivity contribution in [3.05, 3.63) is 23.5 Å². The molecule has 0 aliphatic carbocycles. The zero-order valence-electron chi connectivity index (χ0n) is 9.81. The second-order valence-electron chi connectivity index (χ2n) is 3.81. The monoisotopic (exact) mass is 256 g/mol. The summed E-state index contributed by atoms with van der Waals surface area (Å²) in [4.78, 5) is 11.2. The number of benzene rings is 1. The summed E-state index contributed by atoms with van der Waals surface area (Å²) in [7, 11) is 1.14. The molecule has 2 rings (SSSR count). The molecule has 0 bridgehead atoms. The molecule has 1 aromatic carbocycles. The van der Waals surface area contributed by atoms with Crippen molar-refractivity contribution in [2.24, 2.45) is 0 Å². The van der Waals surface area contributed by atoms with Crippen LogP contribution in [0.5, 0.6) is 11.5 Å². The first-order valence-electron chi connectivity index (χ1n) is 5.48. The lowest BCUT2D eigenvalue weighted by atomic mass is 10.1. The van der Waals surface area contributed by atoms with Crippen LogP contribution < -0.4 is 9.47 Å². The van der Waals surface area contributed by atoms with Crippen LogP contribution in [0.2, 0.25) is 0 Å². The lowest BCUT2D eigenvalue weighted by molar-refractivity contribution is -0.150. The number of hydrogen-bond donors (Lipinski definition) is 1. The standard InChI is InChI=1S/C12H13FO5/c1-16-12(15)10(14)7-5-8(13)11-9(6-7)17-3-2-4-18-11/h5-6,10,14H,2-4H2,1H3. The van der Waals surface area contributed by atoms with Crippen LogP contribution in [0.25, 0.3) is 0 Å². The molecule has 0 saturated carbocycles. The highest BCUT2D eigenvalue weighted by Crippen LogP contribution is 2.35. The minimum absolute atomic E-state index is 0.00770. The summed E-state index contributed by atoms with van der Waals surface area (Å²) in [5, 5.41) is 9.65. The number of carbonyl (C=O) groups is 1. The number of ether oxygens (including phenoxy) is 3. The largest absolute Gasteiger partial charge is 0.489 e. The van der Waals surface area contributed by atoms with E-state index in [1.165, 1.54) is 6.07 Å². The molecule has 0 spiro atoms. The molecular weight excluding hydrogens is 243 g/mol. The topological polar surface area (TPSA) is 65.0 Å². The van der Waals surface area contributed by atoms with Crippen LogP contribution in [0.3, 0.4) is 0 Å². The normalized spacial score (nSPS) is 15.7. The van der Waals surface area contributed by atoms with Crippen molar-refractivity contribution < 1.29 is 28.5 Å². The molecular formula is C12H13FO5. The van der Waals surface area contributed by atoms with Crippen molar-refractivity contribution in [1.29, 1.82) is 0 Å². The van der Waals surface area contributed by atoms with Crippen molar-refractivity contribution in [2.75, 3.05) is 20.3 Å². The summed E-state index contributed by atoms with van der Waals surface area (Å²) >= 11 is 0. The highest BCUT2D eigenvalue weighted by Gasteiger charge is 2.23. The fraction of sp³-hybridized carbons (Fsp3) is 0.417. The summed E-state index contributed by atoms with van der Waals surface area (Å²) < 4.78 is 28.7. The van der Waals surface area contributed by atoms with E-state index in [1.807, 2.05) is 0 Å². The number of rotatable bonds is 2. The average Bonchev–Trinajstić information content (AvgIpc) is 2.62. The van der Waals surface area contributed by atoms with E-state index in [-0.39, 0.29) is 17.1 Å². The second kappa shape index (κ2) is 5.22. The Kier molecular flexibility index (Phi) is 3.66. The highest BCUT2D eigenvalue weighted by molar-refractivity contribution is 5.76. The molecule has 0 fully saturated rings. The third-order valence-corrected chi connectivity index (χ3v) is 2.56. The van der Waals surface area contributed by atoms with Gasteiger partial charge in [-0.25, -0.2) is 9.18 Å². The highest BCUT2D eigenvalue weighted by atomic mass is 19.1. The van der Waals surface area contributed by atoms with Gasteiger partial charge >= 0.3 is 5.97 Å². The maximum atomic E-state index is 13.8. The Hall–Kier alpha value is -1.82. The zero-order valence-corrected chi connectivity index (χ0v) is 9.81. The van der Waals surface area contributed by atoms with Crippen LogP contribution in [0, 0.1) is 5.82 Å². The van der Waals surface area contributed by atoms with Crippen LogP contribution in [-0.2, 0) is 9.53 Å². The molecule has 1 aromatic rings. The number of esters is 1. The molecule has 1 atom stereocenters. The van der Waals surface area contributed by atoms with Gasteiger partial charge in [0.15, 0.2) is 23.4 Å². The van der Waals surface area contributed by atoms with E-state index in [4.69, 9.17) is 9.47 Å². The van der Waals surface area contributed by atoms with Gasteiger partial charge < -0.3 is 19.3 Å². The van der Waals surface area contributed by atoms with E-state index in [0.717, 1.165) is 13.2 Å². The Balaban J connectivity index is 2.37. The Morgan fingerprint density at radius 2 is 2.17 bits per heavy atom. The Labute approximate surface area is 103 Å². The summed E-state index contributed by atoms with van der Waals surface area (Å²) in [6.07, 6.45) is -0.898. The second-order valence-corrected chi connectivity index (χ2v) is 3.81. The van der Waals surface area contributed by atoms with E-state index in [1.54, 1.807) is 0 Å². The van der Waals surface area contributed by atoms with Gasteiger partial charge in [-0.3, -0.25) is 0 Å². The number of aliphatic hydroxyl groups is 1. The van der Waals surface area contributed by atoms with Gasteiger partial charge in [0.1, 0.15) is 0 Å². The Morgan fingerprint density at radius 3 is 2.89 bits per heavy atom. The van der Waals surface area contributed by atoms with Crippen molar-refractivity contribution >= 4 is 5.97 Å². The first-order valence-corrected chi connectivity index (χ1v) is 5.48. The molecule has 18 heavy (non-hydrogen) atoms. The van der Waals surface area contributed by atoms with Gasteiger partial charge in [-0.1, -0.05) is 0 Å². The van der Waals surface area contributed by atoms with Crippen molar-refractivity contribution in [2.45, 2.75) is 12.5 Å². The van der Waals surface area contributed by atoms with E-state index in [2.05, 4.69) is 4.74 Å². The van der Waals surface area contributed by atoms with Crippen LogP contribution >= 0.6 is 0 Å². The Bertz CT molecular complexity index is 460. The molecule has 0 aromatic heterocycles. The molecule has 5 nitrogen and oxygen atoms in total. The first-order chi connectivity index (χ1) is 8.63. The fourth-order valence-electron chi connectivity index (χ4n) is 1.66. The molecule has 6 heteroatoms. The Morgan fingerprint density at radius 1 is 1.44 bits per heavy atom. The van der Waals surface area contributed by atoms with Crippen LogP contribution in [0.15, 0.2) is 12.1 Å². The van der Waals surface area contributed by atoms with Crippen LogP contribution in [-0.4, -0.2) is 31.4 Å². The number of hydrogen-bond acceptors (Lipinski definition) is 5. The maximum absolute atomic E-state index is 13.8. The summed E-state index contributed by atoms with van der Waals surface area (Å²) in [6.45, 7) is 0.757. The summed E-state index contributed by atoms with van der Waals surface area (Å²) in [5.41, 5.74) is 0.0728. The molecule has 1 aliphatic heterocycles. The molecule has 1 N–H and O–H groups in total. The summed E-state index contributed by atoms with van der Waals surface area (Å²) in [5.74, 6) is -1.34.